The summed E-state index contributed by atoms with van der Waals surface area (Å²) < 4.78 is 0. The Balaban J connectivity index is 1.26. The van der Waals surface area contributed by atoms with Crippen LogP contribution in [0.5, 0.6) is 0 Å². The average molecular weight is 432 g/mol. The highest BCUT2D eigenvalue weighted by molar-refractivity contribution is 6.08. The van der Waals surface area contributed by atoms with Crippen LogP contribution >= 0.6 is 0 Å². The zero-order valence-corrected chi connectivity index (χ0v) is 18.1. The SMILES string of the molecule is O=C(c1ccccc1)c1ccc(C[C@@H](NC(=O)C23CC4CC(CC(C4)C2)C3)C(=O)O)cc1. The van der Waals surface area contributed by atoms with Gasteiger partial charge in [-0.15, -0.1) is 0 Å². The molecule has 166 valence electrons. The highest BCUT2D eigenvalue weighted by Crippen LogP contribution is 2.60. The summed E-state index contributed by atoms with van der Waals surface area (Å²) in [5.41, 5.74) is 1.60. The number of ketones is 1. The van der Waals surface area contributed by atoms with Crippen LogP contribution < -0.4 is 5.32 Å². The second kappa shape index (κ2) is 8.19. The molecule has 2 aromatic rings. The largest absolute Gasteiger partial charge is 0.480 e. The Morgan fingerprint density at radius 1 is 0.844 bits per heavy atom. The number of carbonyl (C=O) groups excluding carboxylic acids is 2. The van der Waals surface area contributed by atoms with E-state index in [0.29, 0.717) is 28.9 Å². The van der Waals surface area contributed by atoms with Gasteiger partial charge in [0.1, 0.15) is 6.04 Å². The van der Waals surface area contributed by atoms with Gasteiger partial charge >= 0.3 is 5.97 Å². The summed E-state index contributed by atoms with van der Waals surface area (Å²) >= 11 is 0. The maximum Gasteiger partial charge on any atom is 0.326 e. The van der Waals surface area contributed by atoms with Crippen molar-refractivity contribution in [3.05, 3.63) is 71.3 Å². The van der Waals surface area contributed by atoms with Gasteiger partial charge in [0.05, 0.1) is 0 Å². The second-order valence-electron chi connectivity index (χ2n) is 10.2. The molecule has 0 unspecified atom stereocenters. The van der Waals surface area contributed by atoms with Gasteiger partial charge in [-0.3, -0.25) is 9.59 Å². The topological polar surface area (TPSA) is 83.5 Å². The number of aliphatic carboxylic acids is 1. The lowest BCUT2D eigenvalue weighted by molar-refractivity contribution is -0.151. The fourth-order valence-corrected chi connectivity index (χ4v) is 6.68. The van der Waals surface area contributed by atoms with E-state index in [1.54, 1.807) is 36.4 Å². The van der Waals surface area contributed by atoms with Gasteiger partial charge in [0.2, 0.25) is 5.91 Å². The highest BCUT2D eigenvalue weighted by atomic mass is 16.4. The first-order valence-electron chi connectivity index (χ1n) is 11.6. The van der Waals surface area contributed by atoms with Crippen LogP contribution in [0.2, 0.25) is 0 Å². The smallest absolute Gasteiger partial charge is 0.326 e. The first-order valence-corrected chi connectivity index (χ1v) is 11.6. The number of hydrogen-bond acceptors (Lipinski definition) is 3. The van der Waals surface area contributed by atoms with Gasteiger partial charge in [-0.2, -0.15) is 0 Å². The van der Waals surface area contributed by atoms with Crippen molar-refractivity contribution in [3.8, 4) is 0 Å². The molecule has 0 spiro atoms. The second-order valence-corrected chi connectivity index (χ2v) is 10.2. The molecule has 5 nitrogen and oxygen atoms in total. The molecule has 1 atom stereocenters. The van der Waals surface area contributed by atoms with Crippen molar-refractivity contribution in [2.75, 3.05) is 0 Å². The maximum atomic E-state index is 13.3. The molecule has 32 heavy (non-hydrogen) atoms. The van der Waals surface area contributed by atoms with Crippen LogP contribution in [0.1, 0.15) is 60.0 Å². The molecule has 0 aromatic heterocycles. The van der Waals surface area contributed by atoms with Crippen LogP contribution in [-0.4, -0.2) is 28.8 Å². The molecule has 2 aromatic carbocycles. The average Bonchev–Trinajstić information content (AvgIpc) is 2.78. The van der Waals surface area contributed by atoms with Crippen molar-refractivity contribution < 1.29 is 19.5 Å². The fraction of sp³-hybridized carbons (Fsp3) is 0.444. The fourth-order valence-electron chi connectivity index (χ4n) is 6.68. The third kappa shape index (κ3) is 3.96. The van der Waals surface area contributed by atoms with E-state index >= 15 is 0 Å². The van der Waals surface area contributed by atoms with Crippen LogP contribution in [0.15, 0.2) is 54.6 Å². The molecule has 4 bridgehead atoms. The third-order valence-electron chi connectivity index (χ3n) is 7.82. The number of benzene rings is 2. The zero-order chi connectivity index (χ0) is 22.3. The van der Waals surface area contributed by atoms with Gasteiger partial charge in [-0.05, 0) is 61.8 Å². The van der Waals surface area contributed by atoms with Gasteiger partial charge in [-0.1, -0.05) is 54.6 Å². The number of carboxylic acids is 1. The number of carboxylic acid groups (broad SMARTS) is 1. The molecule has 4 aliphatic carbocycles. The summed E-state index contributed by atoms with van der Waals surface area (Å²) in [6.45, 7) is 0. The first-order chi connectivity index (χ1) is 15.4. The minimum absolute atomic E-state index is 0.0675. The number of nitrogens with one attached hydrogen (secondary N) is 1. The van der Waals surface area contributed by atoms with E-state index in [-0.39, 0.29) is 23.5 Å². The van der Waals surface area contributed by atoms with E-state index in [4.69, 9.17) is 0 Å². The van der Waals surface area contributed by atoms with Crippen molar-refractivity contribution in [1.29, 1.82) is 0 Å². The first kappa shape index (κ1) is 20.9. The van der Waals surface area contributed by atoms with Crippen molar-refractivity contribution >= 4 is 17.7 Å². The van der Waals surface area contributed by atoms with E-state index in [0.717, 1.165) is 24.8 Å². The molecule has 0 heterocycles. The maximum absolute atomic E-state index is 13.3. The van der Waals surface area contributed by atoms with Crippen molar-refractivity contribution in [2.45, 2.75) is 51.0 Å². The van der Waals surface area contributed by atoms with Crippen LogP contribution in [-0.2, 0) is 16.0 Å². The highest BCUT2D eigenvalue weighted by Gasteiger charge is 2.54. The lowest BCUT2D eigenvalue weighted by Crippen LogP contribution is -2.56. The molecule has 1 amide bonds. The molecular formula is C27H29NO4. The van der Waals surface area contributed by atoms with E-state index in [1.165, 1.54) is 19.3 Å². The molecule has 4 aliphatic rings. The Morgan fingerprint density at radius 2 is 1.38 bits per heavy atom. The Labute approximate surface area is 188 Å². The lowest BCUT2D eigenvalue weighted by atomic mass is 9.49. The summed E-state index contributed by atoms with van der Waals surface area (Å²) in [4.78, 5) is 37.8. The van der Waals surface area contributed by atoms with Gasteiger partial charge in [0.25, 0.3) is 0 Å². The van der Waals surface area contributed by atoms with Crippen molar-refractivity contribution in [3.63, 3.8) is 0 Å². The predicted molar refractivity (Wildman–Crippen MR) is 120 cm³/mol. The van der Waals surface area contributed by atoms with Gasteiger partial charge in [0, 0.05) is 23.0 Å². The van der Waals surface area contributed by atoms with Gasteiger partial charge < -0.3 is 10.4 Å². The van der Waals surface area contributed by atoms with Gasteiger partial charge in [0.15, 0.2) is 5.78 Å². The Morgan fingerprint density at radius 3 is 1.91 bits per heavy atom. The number of amides is 1. The van der Waals surface area contributed by atoms with Crippen LogP contribution in [0, 0.1) is 23.2 Å². The predicted octanol–water partition coefficient (Wildman–Crippen LogP) is 4.25. The molecule has 0 radical (unpaired) electrons. The molecule has 0 aliphatic heterocycles. The van der Waals surface area contributed by atoms with E-state index in [1.807, 2.05) is 18.2 Å². The third-order valence-corrected chi connectivity index (χ3v) is 7.82. The zero-order valence-electron chi connectivity index (χ0n) is 18.1. The lowest BCUT2D eigenvalue weighted by Gasteiger charge is -2.55. The quantitative estimate of drug-likeness (QED) is 0.642. The Bertz CT molecular complexity index is 992. The molecular weight excluding hydrogens is 402 g/mol. The summed E-state index contributed by atoms with van der Waals surface area (Å²) in [6, 6.07) is 15.1. The molecule has 2 N–H and O–H groups in total. The van der Waals surface area contributed by atoms with Crippen LogP contribution in [0.25, 0.3) is 0 Å². The van der Waals surface area contributed by atoms with Gasteiger partial charge in [-0.25, -0.2) is 4.79 Å². The standard InChI is InChI=1S/C27H29NO4/c29-24(21-4-2-1-3-5-21)22-8-6-17(7-9-22)13-23(25(30)31)28-26(32)27-14-18-10-19(15-27)12-20(11-18)16-27/h1-9,18-20,23H,10-16H2,(H,28,32)(H,30,31)/t18?,19?,20?,23-,27?/m1/s1. The van der Waals surface area contributed by atoms with Crippen LogP contribution in [0.3, 0.4) is 0 Å². The summed E-state index contributed by atoms with van der Waals surface area (Å²) in [7, 11) is 0. The minimum Gasteiger partial charge on any atom is -0.480 e. The summed E-state index contributed by atoms with van der Waals surface area (Å²) in [5, 5.41) is 12.7. The number of carbonyl (C=O) groups is 3. The Hall–Kier alpha value is -2.95. The van der Waals surface area contributed by atoms with Crippen molar-refractivity contribution in [2.24, 2.45) is 23.2 Å². The molecule has 4 fully saturated rings. The molecule has 5 heteroatoms. The number of rotatable bonds is 7. The van der Waals surface area contributed by atoms with E-state index < -0.39 is 12.0 Å². The molecule has 0 saturated heterocycles. The summed E-state index contributed by atoms with van der Waals surface area (Å²) in [6.07, 6.45) is 6.65. The van der Waals surface area contributed by atoms with Crippen molar-refractivity contribution in [1.82, 2.24) is 5.32 Å². The normalized spacial score (nSPS) is 28.8. The number of hydrogen-bond donors (Lipinski definition) is 2. The van der Waals surface area contributed by atoms with E-state index in [9.17, 15) is 19.5 Å². The summed E-state index contributed by atoms with van der Waals surface area (Å²) in [5.74, 6) is 0.731. The monoisotopic (exact) mass is 431 g/mol. The van der Waals surface area contributed by atoms with E-state index in [2.05, 4.69) is 5.32 Å². The Kier molecular flexibility index (Phi) is 5.36. The molecule has 6 rings (SSSR count). The van der Waals surface area contributed by atoms with Crippen LogP contribution in [0.4, 0.5) is 0 Å². The minimum atomic E-state index is -1.02. The molecule has 4 saturated carbocycles.